The molecule has 0 radical (unpaired) electrons. The van der Waals surface area contributed by atoms with Crippen LogP contribution in [0.5, 0.6) is 17.2 Å². The number of allylic oxidation sites excluding steroid dienone is 1. The normalized spacial score (nSPS) is 13.9. The highest BCUT2D eigenvalue weighted by molar-refractivity contribution is 6.16. The molecule has 0 saturated carbocycles. The molecule has 0 atom stereocenters. The van der Waals surface area contributed by atoms with Crippen LogP contribution in [-0.4, -0.2) is 38.2 Å². The molecule has 0 aromatic heterocycles. The van der Waals surface area contributed by atoms with Crippen molar-refractivity contribution in [3.63, 3.8) is 0 Å². The van der Waals surface area contributed by atoms with Crippen molar-refractivity contribution in [1.29, 1.82) is 0 Å². The van der Waals surface area contributed by atoms with Crippen molar-refractivity contribution in [2.45, 2.75) is 12.8 Å². The first kappa shape index (κ1) is 21.9. The van der Waals surface area contributed by atoms with Crippen molar-refractivity contribution in [2.75, 3.05) is 20.3 Å². The van der Waals surface area contributed by atoms with Crippen LogP contribution in [0.15, 0.2) is 55.1 Å². The first-order valence-electron chi connectivity index (χ1n) is 9.78. The second-order valence-electron chi connectivity index (χ2n) is 6.85. The predicted molar refractivity (Wildman–Crippen MR) is 113 cm³/mol. The lowest BCUT2D eigenvalue weighted by molar-refractivity contribution is -0.135. The molecule has 1 aliphatic rings. The molecule has 8 nitrogen and oxygen atoms in total. The second kappa shape index (κ2) is 10.3. The number of hydrogen-bond donors (Lipinski definition) is 2. The van der Waals surface area contributed by atoms with E-state index in [2.05, 4.69) is 17.2 Å². The zero-order chi connectivity index (χ0) is 22.2. The Bertz CT molecular complexity index is 968. The molecule has 162 valence electrons. The van der Waals surface area contributed by atoms with Crippen LogP contribution in [0.1, 0.15) is 11.1 Å². The van der Waals surface area contributed by atoms with Gasteiger partial charge >= 0.3 is 6.03 Å². The lowest BCUT2D eigenvalue weighted by atomic mass is 9.96. The predicted octanol–water partition coefficient (Wildman–Crippen LogP) is 2.41. The molecule has 0 bridgehead atoms. The number of carbonyl (C=O) groups excluding carboxylic acids is 3. The minimum absolute atomic E-state index is 0.130. The Labute approximate surface area is 180 Å². The largest absolute Gasteiger partial charge is 0.493 e. The quantitative estimate of drug-likeness (QED) is 0.345. The van der Waals surface area contributed by atoms with Crippen LogP contribution in [0, 0.1) is 5.92 Å². The summed E-state index contributed by atoms with van der Waals surface area (Å²) in [5.41, 5.74) is 1.75. The standard InChI is InChI=1S/C23H24N2O6/c1-3-6-16-7-4-5-8-18(16)30-11-12-31-19-10-9-15(14-20(19)29-2)13-17-21(26)24-23(28)25-22(17)27/h3-5,7-10,14,17H,1,6,11-13H2,2H3,(H2,24,25,26,27,28). The zero-order valence-electron chi connectivity index (χ0n) is 17.2. The Balaban J connectivity index is 1.58. The van der Waals surface area contributed by atoms with E-state index in [1.54, 1.807) is 18.2 Å². The van der Waals surface area contributed by atoms with Gasteiger partial charge in [0.2, 0.25) is 11.8 Å². The van der Waals surface area contributed by atoms with Crippen molar-refractivity contribution >= 4 is 17.8 Å². The number of para-hydroxylation sites is 1. The van der Waals surface area contributed by atoms with Gasteiger partial charge in [-0.2, -0.15) is 0 Å². The van der Waals surface area contributed by atoms with Crippen molar-refractivity contribution in [2.24, 2.45) is 5.92 Å². The zero-order valence-corrected chi connectivity index (χ0v) is 17.2. The minimum Gasteiger partial charge on any atom is -0.493 e. The molecule has 1 heterocycles. The van der Waals surface area contributed by atoms with Crippen LogP contribution >= 0.6 is 0 Å². The number of urea groups is 1. The molecule has 1 fully saturated rings. The molecule has 0 aliphatic carbocycles. The highest BCUT2D eigenvalue weighted by Gasteiger charge is 2.34. The van der Waals surface area contributed by atoms with Crippen LogP contribution in [0.4, 0.5) is 4.79 Å². The summed E-state index contributed by atoms with van der Waals surface area (Å²) in [4.78, 5) is 35.0. The van der Waals surface area contributed by atoms with Gasteiger partial charge in [-0.15, -0.1) is 6.58 Å². The maximum Gasteiger partial charge on any atom is 0.328 e. The fourth-order valence-corrected chi connectivity index (χ4v) is 3.20. The highest BCUT2D eigenvalue weighted by Crippen LogP contribution is 2.29. The Morgan fingerprint density at radius 1 is 0.935 bits per heavy atom. The topological polar surface area (TPSA) is 103 Å². The van der Waals surface area contributed by atoms with Crippen molar-refractivity contribution in [1.82, 2.24) is 10.6 Å². The summed E-state index contributed by atoms with van der Waals surface area (Å²) >= 11 is 0. The molecule has 0 spiro atoms. The molecule has 0 unspecified atom stereocenters. The van der Waals surface area contributed by atoms with Crippen molar-refractivity contribution < 1.29 is 28.6 Å². The first-order valence-corrected chi connectivity index (χ1v) is 9.78. The molecule has 3 rings (SSSR count). The van der Waals surface area contributed by atoms with Gasteiger partial charge in [0.15, 0.2) is 11.5 Å². The third-order valence-electron chi connectivity index (χ3n) is 4.71. The third-order valence-corrected chi connectivity index (χ3v) is 4.71. The van der Waals surface area contributed by atoms with Gasteiger partial charge in [0, 0.05) is 0 Å². The number of barbiturate groups is 1. The van der Waals surface area contributed by atoms with Crippen molar-refractivity contribution in [3.8, 4) is 17.2 Å². The molecule has 2 aromatic rings. The monoisotopic (exact) mass is 424 g/mol. The Kier molecular flexibility index (Phi) is 7.26. The lowest BCUT2D eigenvalue weighted by Gasteiger charge is -2.21. The number of benzene rings is 2. The highest BCUT2D eigenvalue weighted by atomic mass is 16.5. The van der Waals surface area contributed by atoms with E-state index in [0.29, 0.717) is 30.3 Å². The Morgan fingerprint density at radius 3 is 2.29 bits per heavy atom. The molecule has 1 saturated heterocycles. The van der Waals surface area contributed by atoms with Gasteiger partial charge in [0.25, 0.3) is 0 Å². The van der Waals surface area contributed by atoms with Gasteiger partial charge in [-0.05, 0) is 42.2 Å². The van der Waals surface area contributed by atoms with Gasteiger partial charge < -0.3 is 14.2 Å². The van der Waals surface area contributed by atoms with E-state index in [-0.39, 0.29) is 6.42 Å². The summed E-state index contributed by atoms with van der Waals surface area (Å²) in [6.07, 6.45) is 2.67. The molecular formula is C23H24N2O6. The summed E-state index contributed by atoms with van der Waals surface area (Å²) in [5, 5.41) is 4.19. The molecule has 31 heavy (non-hydrogen) atoms. The van der Waals surface area contributed by atoms with Gasteiger partial charge in [-0.1, -0.05) is 30.3 Å². The van der Waals surface area contributed by atoms with Crippen LogP contribution in [0.25, 0.3) is 0 Å². The first-order chi connectivity index (χ1) is 15.0. The van der Waals surface area contributed by atoms with E-state index < -0.39 is 23.8 Å². The van der Waals surface area contributed by atoms with E-state index in [9.17, 15) is 14.4 Å². The number of amides is 4. The Hall–Kier alpha value is -3.81. The van der Waals surface area contributed by atoms with E-state index in [1.807, 2.05) is 30.3 Å². The maximum atomic E-state index is 11.9. The Morgan fingerprint density at radius 2 is 1.61 bits per heavy atom. The summed E-state index contributed by atoms with van der Waals surface area (Å²) in [5.74, 6) is -0.461. The summed E-state index contributed by atoms with van der Waals surface area (Å²) in [7, 11) is 1.51. The van der Waals surface area contributed by atoms with Gasteiger partial charge in [-0.25, -0.2) is 4.79 Å². The summed E-state index contributed by atoms with van der Waals surface area (Å²) in [6, 6.07) is 12.1. The fraction of sp³-hybridized carbons (Fsp3) is 0.261. The summed E-state index contributed by atoms with van der Waals surface area (Å²) in [6.45, 7) is 4.40. The van der Waals surface area contributed by atoms with E-state index in [1.165, 1.54) is 7.11 Å². The minimum atomic E-state index is -0.988. The molecule has 2 N–H and O–H groups in total. The number of hydrogen-bond acceptors (Lipinski definition) is 6. The number of methoxy groups -OCH3 is 1. The van der Waals surface area contributed by atoms with E-state index in [0.717, 1.165) is 17.7 Å². The average Bonchev–Trinajstić information content (AvgIpc) is 2.75. The number of ether oxygens (including phenoxy) is 3. The fourth-order valence-electron chi connectivity index (χ4n) is 3.20. The maximum absolute atomic E-state index is 11.9. The number of rotatable bonds is 10. The average molecular weight is 424 g/mol. The number of carbonyl (C=O) groups is 3. The summed E-state index contributed by atoms with van der Waals surface area (Å²) < 4.78 is 17.0. The molecule has 4 amide bonds. The van der Waals surface area contributed by atoms with Crippen molar-refractivity contribution in [3.05, 3.63) is 66.2 Å². The molecule has 2 aromatic carbocycles. The van der Waals surface area contributed by atoms with Gasteiger partial charge in [-0.3, -0.25) is 20.2 Å². The molecule has 8 heteroatoms. The third kappa shape index (κ3) is 5.63. The number of nitrogens with one attached hydrogen (secondary N) is 2. The lowest BCUT2D eigenvalue weighted by Crippen LogP contribution is -2.56. The SMILES string of the molecule is C=CCc1ccccc1OCCOc1ccc(CC2C(=O)NC(=O)NC2=O)cc1OC. The smallest absolute Gasteiger partial charge is 0.328 e. The second-order valence-corrected chi connectivity index (χ2v) is 6.85. The van der Waals surface area contributed by atoms with Crippen LogP contribution in [0.2, 0.25) is 0 Å². The van der Waals surface area contributed by atoms with Crippen LogP contribution in [-0.2, 0) is 22.4 Å². The van der Waals surface area contributed by atoms with Gasteiger partial charge in [0.05, 0.1) is 7.11 Å². The number of imide groups is 2. The van der Waals surface area contributed by atoms with Crippen LogP contribution in [0.3, 0.4) is 0 Å². The molecular weight excluding hydrogens is 400 g/mol. The van der Waals surface area contributed by atoms with E-state index >= 15 is 0 Å². The van der Waals surface area contributed by atoms with Gasteiger partial charge in [0.1, 0.15) is 24.9 Å². The molecule has 1 aliphatic heterocycles. The van der Waals surface area contributed by atoms with Crippen LogP contribution < -0.4 is 24.8 Å². The van der Waals surface area contributed by atoms with E-state index in [4.69, 9.17) is 14.2 Å².